The number of ether oxygens (including phenoxy) is 1. The van der Waals surface area contributed by atoms with Crippen molar-refractivity contribution in [3.8, 4) is 0 Å². The van der Waals surface area contributed by atoms with Gasteiger partial charge < -0.3 is 15.0 Å². The van der Waals surface area contributed by atoms with E-state index in [0.717, 1.165) is 24.5 Å². The first kappa shape index (κ1) is 14.2. The molecular formula is C16H22N4O. The largest absolute Gasteiger partial charge is 0.360 e. The summed E-state index contributed by atoms with van der Waals surface area (Å²) < 4.78 is 5.80. The number of likely N-dealkylation sites (tertiary alicyclic amines) is 1. The molecule has 2 aliphatic rings. The van der Waals surface area contributed by atoms with Gasteiger partial charge in [-0.1, -0.05) is 12.5 Å². The summed E-state index contributed by atoms with van der Waals surface area (Å²) in [7, 11) is 0. The Morgan fingerprint density at radius 3 is 2.86 bits per heavy atom. The van der Waals surface area contributed by atoms with Crippen molar-refractivity contribution in [3.63, 3.8) is 0 Å². The van der Waals surface area contributed by atoms with Crippen LogP contribution in [0.4, 0.5) is 0 Å². The van der Waals surface area contributed by atoms with Gasteiger partial charge in [-0.15, -0.1) is 0 Å². The third-order valence-electron chi connectivity index (χ3n) is 3.81. The van der Waals surface area contributed by atoms with Crippen molar-refractivity contribution in [2.24, 2.45) is 4.99 Å². The van der Waals surface area contributed by atoms with E-state index in [1.165, 1.54) is 32.4 Å². The zero-order valence-electron chi connectivity index (χ0n) is 12.2. The number of hydrogen-bond donors (Lipinski definition) is 1. The van der Waals surface area contributed by atoms with Crippen molar-refractivity contribution >= 4 is 11.9 Å². The molecule has 1 aromatic heterocycles. The maximum atomic E-state index is 5.80. The second kappa shape index (κ2) is 7.33. The number of hydrogen-bond acceptors (Lipinski definition) is 5. The van der Waals surface area contributed by atoms with Crippen LogP contribution < -0.4 is 5.32 Å². The molecule has 0 radical (unpaired) electrons. The summed E-state index contributed by atoms with van der Waals surface area (Å²) in [6.45, 7) is 4.15. The Morgan fingerprint density at radius 2 is 2.14 bits per heavy atom. The van der Waals surface area contributed by atoms with Crippen molar-refractivity contribution in [1.82, 2.24) is 15.2 Å². The van der Waals surface area contributed by atoms with E-state index in [2.05, 4.69) is 20.2 Å². The van der Waals surface area contributed by atoms with Gasteiger partial charge in [0.05, 0.1) is 18.5 Å². The molecule has 2 aliphatic heterocycles. The van der Waals surface area contributed by atoms with Gasteiger partial charge in [0.2, 0.25) is 0 Å². The quantitative estimate of drug-likeness (QED) is 0.898. The van der Waals surface area contributed by atoms with Crippen molar-refractivity contribution < 1.29 is 4.74 Å². The SMILES string of the molecule is C1=NC(c2ccccn2)=CNC1OCCN1CCCCC1. The number of aromatic nitrogens is 1. The van der Waals surface area contributed by atoms with Gasteiger partial charge >= 0.3 is 0 Å². The molecule has 1 fully saturated rings. The van der Waals surface area contributed by atoms with Crippen LogP contribution in [0.3, 0.4) is 0 Å². The van der Waals surface area contributed by atoms with Crippen molar-refractivity contribution in [3.05, 3.63) is 36.3 Å². The second-order valence-electron chi connectivity index (χ2n) is 5.38. The fraction of sp³-hybridized carbons (Fsp3) is 0.500. The van der Waals surface area contributed by atoms with Crippen LogP contribution in [0.5, 0.6) is 0 Å². The van der Waals surface area contributed by atoms with E-state index in [9.17, 15) is 0 Å². The highest BCUT2D eigenvalue weighted by Gasteiger charge is 2.13. The molecule has 5 heteroatoms. The van der Waals surface area contributed by atoms with Gasteiger partial charge in [-0.25, -0.2) is 0 Å². The normalized spacial score (nSPS) is 22.7. The molecule has 0 saturated carbocycles. The first-order valence-electron chi connectivity index (χ1n) is 7.67. The topological polar surface area (TPSA) is 49.8 Å². The fourth-order valence-electron chi connectivity index (χ4n) is 2.63. The molecule has 3 rings (SSSR count). The van der Waals surface area contributed by atoms with Gasteiger partial charge in [0.1, 0.15) is 5.70 Å². The molecule has 1 atom stereocenters. The molecule has 5 nitrogen and oxygen atoms in total. The number of aliphatic imine (C=N–C) groups is 1. The predicted octanol–water partition coefficient (Wildman–Crippen LogP) is 1.88. The molecule has 0 spiro atoms. The van der Waals surface area contributed by atoms with Gasteiger partial charge in [-0.3, -0.25) is 9.98 Å². The summed E-state index contributed by atoms with van der Waals surface area (Å²) in [5, 5.41) is 3.21. The summed E-state index contributed by atoms with van der Waals surface area (Å²) >= 11 is 0. The number of nitrogens with zero attached hydrogens (tertiary/aromatic N) is 3. The molecule has 0 aliphatic carbocycles. The third-order valence-corrected chi connectivity index (χ3v) is 3.81. The molecule has 21 heavy (non-hydrogen) atoms. The maximum absolute atomic E-state index is 5.80. The molecule has 1 saturated heterocycles. The Hall–Kier alpha value is -1.72. The minimum atomic E-state index is -0.137. The lowest BCUT2D eigenvalue weighted by Crippen LogP contribution is -2.37. The molecule has 112 valence electrons. The van der Waals surface area contributed by atoms with Gasteiger partial charge in [0.15, 0.2) is 6.23 Å². The Balaban J connectivity index is 1.41. The standard InChI is InChI=1S/C16H22N4O/c1-4-8-20(9-5-1)10-11-21-16-13-18-15(12-19-16)14-6-2-3-7-17-14/h2-3,6-7,12-13,16,19H,1,4-5,8-11H2. The average Bonchev–Trinajstić information content (AvgIpc) is 2.57. The van der Waals surface area contributed by atoms with E-state index < -0.39 is 0 Å². The molecule has 1 unspecified atom stereocenters. The van der Waals surface area contributed by atoms with Crippen molar-refractivity contribution in [2.45, 2.75) is 25.5 Å². The van der Waals surface area contributed by atoms with E-state index in [0.29, 0.717) is 0 Å². The molecule has 3 heterocycles. The van der Waals surface area contributed by atoms with Gasteiger partial charge in [-0.2, -0.15) is 0 Å². The number of nitrogens with one attached hydrogen (secondary N) is 1. The predicted molar refractivity (Wildman–Crippen MR) is 83.9 cm³/mol. The highest BCUT2D eigenvalue weighted by atomic mass is 16.5. The van der Waals surface area contributed by atoms with Crippen LogP contribution in [0, 0.1) is 0 Å². The fourth-order valence-corrected chi connectivity index (χ4v) is 2.63. The van der Waals surface area contributed by atoms with E-state index >= 15 is 0 Å². The van der Waals surface area contributed by atoms with Crippen LogP contribution in [-0.2, 0) is 4.74 Å². The monoisotopic (exact) mass is 286 g/mol. The highest BCUT2D eigenvalue weighted by Crippen LogP contribution is 2.14. The van der Waals surface area contributed by atoms with Crippen LogP contribution in [0.2, 0.25) is 0 Å². The molecule has 0 bridgehead atoms. The molecule has 0 aromatic carbocycles. The average molecular weight is 286 g/mol. The second-order valence-corrected chi connectivity index (χ2v) is 5.38. The molecule has 1 aromatic rings. The van der Waals surface area contributed by atoms with Gasteiger partial charge in [0, 0.05) is 18.9 Å². The molecule has 1 N–H and O–H groups in total. The number of pyridine rings is 1. The number of piperidine rings is 1. The maximum Gasteiger partial charge on any atom is 0.163 e. The van der Waals surface area contributed by atoms with E-state index in [-0.39, 0.29) is 6.23 Å². The Labute approximate surface area is 125 Å². The van der Waals surface area contributed by atoms with Crippen LogP contribution in [-0.4, -0.2) is 48.6 Å². The zero-order chi connectivity index (χ0) is 14.3. The summed E-state index contributed by atoms with van der Waals surface area (Å²) in [5.74, 6) is 0. The summed E-state index contributed by atoms with van der Waals surface area (Å²) in [6.07, 6.45) is 9.32. The minimum absolute atomic E-state index is 0.137. The van der Waals surface area contributed by atoms with Crippen molar-refractivity contribution in [1.29, 1.82) is 0 Å². The minimum Gasteiger partial charge on any atom is -0.360 e. The summed E-state index contributed by atoms with van der Waals surface area (Å²) in [4.78, 5) is 11.2. The lowest BCUT2D eigenvalue weighted by atomic mass is 10.1. The molecule has 0 amide bonds. The Bertz CT molecular complexity index is 494. The van der Waals surface area contributed by atoms with Crippen molar-refractivity contribution in [2.75, 3.05) is 26.2 Å². The van der Waals surface area contributed by atoms with E-state index in [4.69, 9.17) is 4.74 Å². The smallest absolute Gasteiger partial charge is 0.163 e. The van der Waals surface area contributed by atoms with Gasteiger partial charge in [-0.05, 0) is 38.1 Å². The molecular weight excluding hydrogens is 264 g/mol. The Kier molecular flexibility index (Phi) is 4.97. The van der Waals surface area contributed by atoms with Crippen LogP contribution in [0.15, 0.2) is 35.6 Å². The first-order valence-corrected chi connectivity index (χ1v) is 7.67. The Morgan fingerprint density at radius 1 is 1.24 bits per heavy atom. The summed E-state index contributed by atoms with van der Waals surface area (Å²) in [6, 6.07) is 5.80. The van der Waals surface area contributed by atoms with E-state index in [1.807, 2.05) is 24.4 Å². The third kappa shape index (κ3) is 4.12. The highest BCUT2D eigenvalue weighted by molar-refractivity contribution is 5.77. The lowest BCUT2D eigenvalue weighted by molar-refractivity contribution is 0.0619. The lowest BCUT2D eigenvalue weighted by Gasteiger charge is -2.27. The first-order chi connectivity index (χ1) is 10.4. The summed E-state index contributed by atoms with van der Waals surface area (Å²) in [5.41, 5.74) is 1.71. The van der Waals surface area contributed by atoms with E-state index in [1.54, 1.807) is 12.4 Å². The van der Waals surface area contributed by atoms with Crippen LogP contribution >= 0.6 is 0 Å². The van der Waals surface area contributed by atoms with Gasteiger partial charge in [0.25, 0.3) is 0 Å². The van der Waals surface area contributed by atoms with Crippen LogP contribution in [0.1, 0.15) is 25.0 Å². The zero-order valence-corrected chi connectivity index (χ0v) is 12.2. The van der Waals surface area contributed by atoms with Crippen LogP contribution in [0.25, 0.3) is 5.70 Å². The number of rotatable bonds is 5.